The monoisotopic (exact) mass is 287 g/mol. The maximum Gasteiger partial charge on any atom is 0.239 e. The number of methoxy groups -OCH3 is 1. The van der Waals surface area contributed by atoms with Crippen LogP contribution in [0.4, 0.5) is 11.5 Å². The number of hydrogen-bond donors (Lipinski definition) is 1. The fraction of sp³-hybridized carbons (Fsp3) is 0.312. The first-order valence-corrected chi connectivity index (χ1v) is 6.87. The summed E-state index contributed by atoms with van der Waals surface area (Å²) in [6.07, 6.45) is 0. The Balaban J connectivity index is 2.11. The minimum Gasteiger partial charge on any atom is -0.497 e. The van der Waals surface area contributed by atoms with Gasteiger partial charge < -0.3 is 20.1 Å². The lowest BCUT2D eigenvalue weighted by Crippen LogP contribution is -2.18. The Morgan fingerprint density at radius 2 is 1.86 bits per heavy atom. The van der Waals surface area contributed by atoms with E-state index in [1.165, 1.54) is 5.56 Å². The van der Waals surface area contributed by atoms with E-state index in [1.54, 1.807) is 7.11 Å². The first-order valence-electron chi connectivity index (χ1n) is 6.87. The molecule has 0 aliphatic heterocycles. The maximum absolute atomic E-state index is 5.84. The van der Waals surface area contributed by atoms with Gasteiger partial charge in [0.25, 0.3) is 0 Å². The second-order valence-electron chi connectivity index (χ2n) is 4.70. The number of hydrogen-bond acceptors (Lipinski definition) is 5. The summed E-state index contributed by atoms with van der Waals surface area (Å²) in [5.41, 5.74) is 7.57. The third kappa shape index (κ3) is 3.78. The smallest absolute Gasteiger partial charge is 0.239 e. The molecule has 0 spiro atoms. The predicted molar refractivity (Wildman–Crippen MR) is 84.9 cm³/mol. The van der Waals surface area contributed by atoms with Crippen molar-refractivity contribution in [3.63, 3.8) is 0 Å². The van der Waals surface area contributed by atoms with Crippen molar-refractivity contribution in [3.05, 3.63) is 42.0 Å². The van der Waals surface area contributed by atoms with Gasteiger partial charge in [-0.05, 0) is 36.8 Å². The van der Waals surface area contributed by atoms with E-state index in [1.807, 2.05) is 55.3 Å². The minimum atomic E-state index is 0.483. The Morgan fingerprint density at radius 3 is 2.48 bits per heavy atom. The highest BCUT2D eigenvalue weighted by molar-refractivity contribution is 5.54. The number of benzene rings is 1. The van der Waals surface area contributed by atoms with E-state index in [4.69, 9.17) is 15.2 Å². The molecule has 1 aromatic heterocycles. The van der Waals surface area contributed by atoms with Crippen LogP contribution < -0.4 is 20.1 Å². The predicted octanol–water partition coefficient (Wildman–Crippen LogP) is 2.71. The van der Waals surface area contributed by atoms with Gasteiger partial charge in [0.05, 0.1) is 19.4 Å². The lowest BCUT2D eigenvalue weighted by molar-refractivity contribution is 0.329. The molecule has 0 aliphatic carbocycles. The van der Waals surface area contributed by atoms with Crippen LogP contribution in [0.1, 0.15) is 12.5 Å². The summed E-state index contributed by atoms with van der Waals surface area (Å²) in [6.45, 7) is 3.20. The normalized spacial score (nSPS) is 10.2. The van der Waals surface area contributed by atoms with E-state index < -0.39 is 0 Å². The second kappa shape index (κ2) is 6.83. The average Bonchev–Trinajstić information content (AvgIpc) is 2.50. The van der Waals surface area contributed by atoms with Crippen molar-refractivity contribution in [1.29, 1.82) is 0 Å². The fourth-order valence-electron chi connectivity index (χ4n) is 1.99. The zero-order valence-corrected chi connectivity index (χ0v) is 12.7. The molecule has 0 amide bonds. The van der Waals surface area contributed by atoms with E-state index in [0.29, 0.717) is 18.2 Å². The Morgan fingerprint density at radius 1 is 1.14 bits per heavy atom. The van der Waals surface area contributed by atoms with Crippen molar-refractivity contribution < 1.29 is 9.47 Å². The average molecular weight is 287 g/mol. The Bertz CT molecular complexity index is 585. The summed E-state index contributed by atoms with van der Waals surface area (Å²) in [5.74, 6) is 2.16. The topological polar surface area (TPSA) is 60.6 Å². The molecule has 0 radical (unpaired) electrons. The second-order valence-corrected chi connectivity index (χ2v) is 4.70. The molecule has 2 rings (SSSR count). The fourth-order valence-corrected chi connectivity index (χ4v) is 1.99. The van der Waals surface area contributed by atoms with E-state index in [2.05, 4.69) is 4.98 Å². The number of nitrogens with zero attached hydrogens (tertiary/aromatic N) is 2. The molecule has 5 nitrogen and oxygen atoms in total. The highest BCUT2D eigenvalue weighted by atomic mass is 16.5. The van der Waals surface area contributed by atoms with Crippen LogP contribution in [0, 0.1) is 0 Å². The molecule has 5 heteroatoms. The van der Waals surface area contributed by atoms with Gasteiger partial charge in [0.15, 0.2) is 0 Å². The van der Waals surface area contributed by atoms with Gasteiger partial charge in [0, 0.05) is 13.6 Å². The summed E-state index contributed by atoms with van der Waals surface area (Å²) in [7, 11) is 3.65. The maximum atomic E-state index is 5.84. The molecule has 1 aromatic carbocycles. The third-order valence-corrected chi connectivity index (χ3v) is 3.13. The lowest BCUT2D eigenvalue weighted by Gasteiger charge is -2.19. The first-order chi connectivity index (χ1) is 10.1. The van der Waals surface area contributed by atoms with E-state index in [9.17, 15) is 0 Å². The van der Waals surface area contributed by atoms with Crippen LogP contribution >= 0.6 is 0 Å². The number of ether oxygens (including phenoxy) is 2. The molecule has 0 saturated carbocycles. The summed E-state index contributed by atoms with van der Waals surface area (Å²) in [6, 6.07) is 11.7. The van der Waals surface area contributed by atoms with Crippen LogP contribution in [0.3, 0.4) is 0 Å². The van der Waals surface area contributed by atoms with Gasteiger partial charge in [-0.25, -0.2) is 0 Å². The molecule has 0 bridgehead atoms. The van der Waals surface area contributed by atoms with Crippen molar-refractivity contribution in [2.24, 2.45) is 0 Å². The summed E-state index contributed by atoms with van der Waals surface area (Å²) >= 11 is 0. The standard InChI is InChI=1S/C16H21N3O2/c1-4-21-16-14(17)9-10-15(18-16)19(2)11-12-5-7-13(20-3)8-6-12/h5-10H,4,11,17H2,1-3H3. The Kier molecular flexibility index (Phi) is 4.87. The number of anilines is 2. The van der Waals surface area contributed by atoms with Crippen molar-refractivity contribution in [1.82, 2.24) is 4.98 Å². The first kappa shape index (κ1) is 15.0. The Hall–Kier alpha value is -2.43. The van der Waals surface area contributed by atoms with Crippen LogP contribution in [-0.2, 0) is 6.54 Å². The van der Waals surface area contributed by atoms with E-state index >= 15 is 0 Å². The molecule has 0 atom stereocenters. The van der Waals surface area contributed by atoms with Gasteiger partial charge in [0.2, 0.25) is 5.88 Å². The number of nitrogens with two attached hydrogens (primary N) is 1. The van der Waals surface area contributed by atoms with Gasteiger partial charge in [-0.1, -0.05) is 12.1 Å². The van der Waals surface area contributed by atoms with Crippen LogP contribution in [0.2, 0.25) is 0 Å². The molecule has 112 valence electrons. The number of pyridine rings is 1. The number of nitrogen functional groups attached to an aromatic ring is 1. The molecule has 2 N–H and O–H groups in total. The van der Waals surface area contributed by atoms with E-state index in [-0.39, 0.29) is 0 Å². The minimum absolute atomic E-state index is 0.483. The molecular weight excluding hydrogens is 266 g/mol. The summed E-state index contributed by atoms with van der Waals surface area (Å²) in [5, 5.41) is 0. The lowest BCUT2D eigenvalue weighted by atomic mass is 10.2. The van der Waals surface area contributed by atoms with Crippen LogP contribution in [-0.4, -0.2) is 25.7 Å². The summed E-state index contributed by atoms with van der Waals surface area (Å²) < 4.78 is 10.6. The summed E-state index contributed by atoms with van der Waals surface area (Å²) in [4.78, 5) is 6.49. The van der Waals surface area contributed by atoms with Crippen molar-refractivity contribution in [3.8, 4) is 11.6 Å². The molecule has 0 unspecified atom stereocenters. The molecule has 0 saturated heterocycles. The van der Waals surface area contributed by atoms with Gasteiger partial charge >= 0.3 is 0 Å². The van der Waals surface area contributed by atoms with Crippen molar-refractivity contribution in [2.75, 3.05) is 31.4 Å². The number of aromatic nitrogens is 1. The van der Waals surface area contributed by atoms with Crippen LogP contribution in [0.5, 0.6) is 11.6 Å². The molecule has 21 heavy (non-hydrogen) atoms. The molecular formula is C16H21N3O2. The largest absolute Gasteiger partial charge is 0.497 e. The van der Waals surface area contributed by atoms with Crippen molar-refractivity contribution >= 4 is 11.5 Å². The SMILES string of the molecule is CCOc1nc(N(C)Cc2ccc(OC)cc2)ccc1N. The van der Waals surface area contributed by atoms with Gasteiger partial charge in [-0.2, -0.15) is 4.98 Å². The zero-order valence-electron chi connectivity index (χ0n) is 12.7. The zero-order chi connectivity index (χ0) is 15.2. The quantitative estimate of drug-likeness (QED) is 0.885. The van der Waals surface area contributed by atoms with Gasteiger partial charge in [-0.15, -0.1) is 0 Å². The van der Waals surface area contributed by atoms with Crippen LogP contribution in [0.15, 0.2) is 36.4 Å². The van der Waals surface area contributed by atoms with Crippen molar-refractivity contribution in [2.45, 2.75) is 13.5 Å². The third-order valence-electron chi connectivity index (χ3n) is 3.13. The van der Waals surface area contributed by atoms with Gasteiger partial charge in [0.1, 0.15) is 11.6 Å². The highest BCUT2D eigenvalue weighted by Crippen LogP contribution is 2.23. The van der Waals surface area contributed by atoms with E-state index in [0.717, 1.165) is 18.1 Å². The molecule has 2 aromatic rings. The molecule has 1 heterocycles. The van der Waals surface area contributed by atoms with Gasteiger partial charge in [-0.3, -0.25) is 0 Å². The highest BCUT2D eigenvalue weighted by Gasteiger charge is 2.08. The van der Waals surface area contributed by atoms with Crippen LogP contribution in [0.25, 0.3) is 0 Å². The molecule has 0 aliphatic rings. The molecule has 0 fully saturated rings. The number of rotatable bonds is 6. The Labute approximate surface area is 125 Å².